The van der Waals surface area contributed by atoms with Crippen molar-refractivity contribution in [1.82, 2.24) is 0 Å². The van der Waals surface area contributed by atoms with Gasteiger partial charge in [0.2, 0.25) is 0 Å². The molecule has 0 aromatic heterocycles. The molecule has 2 aromatic rings. The van der Waals surface area contributed by atoms with Gasteiger partial charge in [0.1, 0.15) is 18.2 Å². The van der Waals surface area contributed by atoms with Gasteiger partial charge in [-0.05, 0) is 23.8 Å². The SMILES string of the molecule is O=C(C=Cc1ccccc1)OCc1ccc(F)cc1F. The van der Waals surface area contributed by atoms with Crippen molar-refractivity contribution in [2.75, 3.05) is 0 Å². The summed E-state index contributed by atoms with van der Waals surface area (Å²) >= 11 is 0. The normalized spacial score (nSPS) is 10.7. The van der Waals surface area contributed by atoms with Crippen LogP contribution in [-0.2, 0) is 16.1 Å². The molecule has 0 N–H and O–H groups in total. The standard InChI is InChI=1S/C16H12F2O2/c17-14-8-7-13(15(18)10-14)11-20-16(19)9-6-12-4-2-1-3-5-12/h1-10H,11H2. The van der Waals surface area contributed by atoms with Crippen molar-refractivity contribution in [3.63, 3.8) is 0 Å². The highest BCUT2D eigenvalue weighted by molar-refractivity contribution is 5.87. The Morgan fingerprint density at radius 1 is 1.10 bits per heavy atom. The summed E-state index contributed by atoms with van der Waals surface area (Å²) in [5.74, 6) is -1.98. The quantitative estimate of drug-likeness (QED) is 0.627. The molecule has 0 aliphatic rings. The topological polar surface area (TPSA) is 26.3 Å². The van der Waals surface area contributed by atoms with Crippen LogP contribution in [0.1, 0.15) is 11.1 Å². The van der Waals surface area contributed by atoms with E-state index in [4.69, 9.17) is 4.74 Å². The third-order valence-electron chi connectivity index (χ3n) is 2.60. The van der Waals surface area contributed by atoms with Gasteiger partial charge >= 0.3 is 5.97 Å². The van der Waals surface area contributed by atoms with Crippen LogP contribution in [0, 0.1) is 11.6 Å². The van der Waals surface area contributed by atoms with Crippen molar-refractivity contribution >= 4 is 12.0 Å². The smallest absolute Gasteiger partial charge is 0.331 e. The first-order valence-corrected chi connectivity index (χ1v) is 5.99. The molecule has 0 spiro atoms. The maximum absolute atomic E-state index is 13.3. The first-order valence-electron chi connectivity index (χ1n) is 5.99. The van der Waals surface area contributed by atoms with Gasteiger partial charge in [0, 0.05) is 17.7 Å². The van der Waals surface area contributed by atoms with Gasteiger partial charge in [0.05, 0.1) is 0 Å². The highest BCUT2D eigenvalue weighted by Gasteiger charge is 2.05. The molecule has 2 aromatic carbocycles. The fraction of sp³-hybridized carbons (Fsp3) is 0.0625. The van der Waals surface area contributed by atoms with Crippen molar-refractivity contribution in [2.24, 2.45) is 0 Å². The van der Waals surface area contributed by atoms with E-state index in [2.05, 4.69) is 0 Å². The zero-order valence-electron chi connectivity index (χ0n) is 10.6. The summed E-state index contributed by atoms with van der Waals surface area (Å²) in [6, 6.07) is 12.4. The second-order valence-electron chi connectivity index (χ2n) is 4.09. The fourth-order valence-electron chi connectivity index (χ4n) is 1.56. The molecule has 20 heavy (non-hydrogen) atoms. The molecule has 102 valence electrons. The average Bonchev–Trinajstić information content (AvgIpc) is 2.45. The molecule has 0 atom stereocenters. The van der Waals surface area contributed by atoms with E-state index in [1.165, 1.54) is 12.1 Å². The molecule has 0 bridgehead atoms. The Kier molecular flexibility index (Phi) is 4.60. The van der Waals surface area contributed by atoms with Gasteiger partial charge in [0.25, 0.3) is 0 Å². The number of rotatable bonds is 4. The third-order valence-corrected chi connectivity index (χ3v) is 2.60. The van der Waals surface area contributed by atoms with Crippen LogP contribution in [-0.4, -0.2) is 5.97 Å². The fourth-order valence-corrected chi connectivity index (χ4v) is 1.56. The van der Waals surface area contributed by atoms with Crippen LogP contribution >= 0.6 is 0 Å². The number of carbonyl (C=O) groups is 1. The Bertz CT molecular complexity index is 622. The summed E-state index contributed by atoms with van der Waals surface area (Å²) in [6.45, 7) is -0.232. The van der Waals surface area contributed by atoms with Gasteiger partial charge in [-0.2, -0.15) is 0 Å². The summed E-state index contributed by atoms with van der Waals surface area (Å²) in [7, 11) is 0. The Morgan fingerprint density at radius 2 is 1.85 bits per heavy atom. The number of carbonyl (C=O) groups excluding carboxylic acids is 1. The number of benzene rings is 2. The van der Waals surface area contributed by atoms with Crippen LogP contribution < -0.4 is 0 Å². The van der Waals surface area contributed by atoms with Crippen molar-refractivity contribution in [1.29, 1.82) is 0 Å². The largest absolute Gasteiger partial charge is 0.458 e. The summed E-state index contributed by atoms with van der Waals surface area (Å²) in [5.41, 5.74) is 0.991. The zero-order chi connectivity index (χ0) is 14.4. The minimum atomic E-state index is -0.732. The van der Waals surface area contributed by atoms with Gasteiger partial charge in [-0.15, -0.1) is 0 Å². The molecule has 0 saturated carbocycles. The summed E-state index contributed by atoms with van der Waals surface area (Å²) in [6.07, 6.45) is 2.86. The molecule has 2 nitrogen and oxygen atoms in total. The molecule has 4 heteroatoms. The van der Waals surface area contributed by atoms with E-state index in [1.54, 1.807) is 6.08 Å². The van der Waals surface area contributed by atoms with E-state index in [9.17, 15) is 13.6 Å². The number of hydrogen-bond acceptors (Lipinski definition) is 2. The molecule has 0 aliphatic heterocycles. The lowest BCUT2D eigenvalue weighted by molar-refractivity contribution is -0.138. The Labute approximate surface area is 115 Å². The Balaban J connectivity index is 1.91. The second-order valence-corrected chi connectivity index (χ2v) is 4.09. The van der Waals surface area contributed by atoms with Gasteiger partial charge in [-0.3, -0.25) is 0 Å². The molecular weight excluding hydrogens is 262 g/mol. The van der Waals surface area contributed by atoms with Crippen molar-refractivity contribution in [3.05, 3.63) is 77.4 Å². The van der Waals surface area contributed by atoms with E-state index in [0.717, 1.165) is 17.7 Å². The molecule has 0 radical (unpaired) electrons. The van der Waals surface area contributed by atoms with Gasteiger partial charge in [0.15, 0.2) is 0 Å². The first kappa shape index (κ1) is 13.9. The van der Waals surface area contributed by atoms with E-state index in [-0.39, 0.29) is 12.2 Å². The molecule has 2 rings (SSSR count). The Hall–Kier alpha value is -2.49. The molecule has 0 saturated heterocycles. The minimum absolute atomic E-state index is 0.132. The van der Waals surface area contributed by atoms with Crippen molar-refractivity contribution in [3.8, 4) is 0 Å². The van der Waals surface area contributed by atoms with Crippen LogP contribution in [0.25, 0.3) is 6.08 Å². The van der Waals surface area contributed by atoms with Crippen LogP contribution in [0.2, 0.25) is 0 Å². The summed E-state index contributed by atoms with van der Waals surface area (Å²) in [4.78, 5) is 11.5. The molecule has 0 amide bonds. The lowest BCUT2D eigenvalue weighted by Crippen LogP contribution is -2.02. The summed E-state index contributed by atoms with van der Waals surface area (Å²) in [5, 5.41) is 0. The van der Waals surface area contributed by atoms with E-state index in [0.29, 0.717) is 0 Å². The predicted octanol–water partition coefficient (Wildman–Crippen LogP) is 3.72. The van der Waals surface area contributed by atoms with Crippen LogP contribution in [0.15, 0.2) is 54.6 Å². The highest BCUT2D eigenvalue weighted by atomic mass is 19.1. The number of esters is 1. The van der Waals surface area contributed by atoms with Crippen molar-refractivity contribution in [2.45, 2.75) is 6.61 Å². The summed E-state index contributed by atoms with van der Waals surface area (Å²) < 4.78 is 30.9. The molecule has 0 fully saturated rings. The number of ether oxygens (including phenoxy) is 1. The minimum Gasteiger partial charge on any atom is -0.458 e. The Morgan fingerprint density at radius 3 is 2.55 bits per heavy atom. The average molecular weight is 274 g/mol. The zero-order valence-corrected chi connectivity index (χ0v) is 10.6. The van der Waals surface area contributed by atoms with Crippen molar-refractivity contribution < 1.29 is 18.3 Å². The van der Waals surface area contributed by atoms with Gasteiger partial charge in [-0.1, -0.05) is 30.3 Å². The molecule has 0 unspecified atom stereocenters. The third kappa shape index (κ3) is 4.02. The highest BCUT2D eigenvalue weighted by Crippen LogP contribution is 2.11. The van der Waals surface area contributed by atoms with Gasteiger partial charge in [-0.25, -0.2) is 13.6 Å². The first-order chi connectivity index (χ1) is 9.65. The maximum Gasteiger partial charge on any atom is 0.331 e. The predicted molar refractivity (Wildman–Crippen MR) is 71.6 cm³/mol. The second kappa shape index (κ2) is 6.61. The lowest BCUT2D eigenvalue weighted by Gasteiger charge is -2.03. The number of hydrogen-bond donors (Lipinski definition) is 0. The van der Waals surface area contributed by atoms with Crippen LogP contribution in [0.5, 0.6) is 0 Å². The maximum atomic E-state index is 13.3. The lowest BCUT2D eigenvalue weighted by atomic mass is 10.2. The molecule has 0 heterocycles. The van der Waals surface area contributed by atoms with Crippen LogP contribution in [0.3, 0.4) is 0 Å². The van der Waals surface area contributed by atoms with Gasteiger partial charge < -0.3 is 4.74 Å². The van der Waals surface area contributed by atoms with E-state index in [1.807, 2.05) is 30.3 Å². The molecular formula is C16H12F2O2. The van der Waals surface area contributed by atoms with E-state index >= 15 is 0 Å². The monoisotopic (exact) mass is 274 g/mol. The van der Waals surface area contributed by atoms with Crippen LogP contribution in [0.4, 0.5) is 8.78 Å². The molecule has 0 aliphatic carbocycles. The van der Waals surface area contributed by atoms with E-state index < -0.39 is 17.6 Å². The number of halogens is 2.